The van der Waals surface area contributed by atoms with Crippen LogP contribution in [0, 0.1) is 0 Å². The third-order valence-electron chi connectivity index (χ3n) is 1.70. The number of halogens is 1. The summed E-state index contributed by atoms with van der Waals surface area (Å²) in [6.07, 6.45) is -1.30. The molecular weight excluding hydrogens is 247 g/mol. The van der Waals surface area contributed by atoms with Crippen molar-refractivity contribution in [3.63, 3.8) is 0 Å². The van der Waals surface area contributed by atoms with E-state index in [2.05, 4.69) is 22.6 Å². The zero-order valence-corrected chi connectivity index (χ0v) is 7.85. The lowest BCUT2D eigenvalue weighted by Crippen LogP contribution is -2.48. The van der Waals surface area contributed by atoms with E-state index in [4.69, 9.17) is 9.84 Å². The second kappa shape index (κ2) is 3.34. The number of aliphatic hydroxyl groups is 2. The molecule has 1 aliphatic rings. The average Bonchev–Trinajstić information content (AvgIpc) is 1.93. The Kier molecular flexibility index (Phi) is 2.91. The van der Waals surface area contributed by atoms with Gasteiger partial charge in [-0.25, -0.2) is 0 Å². The number of ether oxygens (including phenoxy) is 1. The van der Waals surface area contributed by atoms with Crippen molar-refractivity contribution in [1.82, 2.24) is 0 Å². The highest BCUT2D eigenvalue weighted by Crippen LogP contribution is 2.21. The fourth-order valence-electron chi connectivity index (χ4n) is 0.931. The zero-order chi connectivity index (χ0) is 7.72. The Hall–Kier alpha value is 0.610. The third-order valence-corrected chi connectivity index (χ3v) is 3.45. The maximum atomic E-state index is 9.28. The normalized spacial score (nSPS) is 49.2. The monoisotopic (exact) mass is 258 g/mol. The van der Waals surface area contributed by atoms with Gasteiger partial charge in [-0.3, -0.25) is 0 Å². The van der Waals surface area contributed by atoms with Crippen molar-refractivity contribution >= 4 is 22.6 Å². The Morgan fingerprint density at radius 1 is 1.50 bits per heavy atom. The van der Waals surface area contributed by atoms with E-state index < -0.39 is 12.2 Å². The van der Waals surface area contributed by atoms with E-state index in [1.165, 1.54) is 0 Å². The maximum Gasteiger partial charge on any atom is 0.104 e. The third kappa shape index (κ3) is 1.61. The van der Waals surface area contributed by atoms with Gasteiger partial charge in [-0.2, -0.15) is 0 Å². The van der Waals surface area contributed by atoms with Gasteiger partial charge >= 0.3 is 0 Å². The maximum absolute atomic E-state index is 9.28. The number of rotatable bonds is 0. The van der Waals surface area contributed by atoms with Crippen LogP contribution in [0.3, 0.4) is 0 Å². The fourth-order valence-corrected chi connectivity index (χ4v) is 1.62. The van der Waals surface area contributed by atoms with Gasteiger partial charge in [0.05, 0.1) is 22.7 Å². The zero-order valence-electron chi connectivity index (χ0n) is 5.70. The molecule has 0 aromatic heterocycles. The molecule has 10 heavy (non-hydrogen) atoms. The van der Waals surface area contributed by atoms with E-state index in [-0.39, 0.29) is 16.6 Å². The Morgan fingerprint density at radius 2 is 2.10 bits per heavy atom. The van der Waals surface area contributed by atoms with Gasteiger partial charge in [0, 0.05) is 0 Å². The van der Waals surface area contributed by atoms with Crippen LogP contribution in [0.5, 0.6) is 0 Å². The summed E-state index contributed by atoms with van der Waals surface area (Å²) in [4.78, 5) is 0. The molecule has 0 radical (unpaired) electrons. The largest absolute Gasteiger partial charge is 0.389 e. The summed E-state index contributed by atoms with van der Waals surface area (Å²) in [5, 5.41) is 18.4. The molecule has 0 spiro atoms. The molecule has 0 bridgehead atoms. The van der Waals surface area contributed by atoms with Gasteiger partial charge in [0.1, 0.15) is 6.10 Å². The summed E-state index contributed by atoms with van der Waals surface area (Å²) in [6.45, 7) is 2.15. The minimum atomic E-state index is -0.710. The summed E-state index contributed by atoms with van der Waals surface area (Å²) in [6, 6.07) is 0. The highest BCUT2D eigenvalue weighted by Gasteiger charge is 2.34. The smallest absolute Gasteiger partial charge is 0.104 e. The average molecular weight is 258 g/mol. The summed E-state index contributed by atoms with van der Waals surface area (Å²) < 4.78 is 5.16. The predicted octanol–water partition coefficient (Wildman–Crippen LogP) is -0.0695. The molecule has 4 atom stereocenters. The number of aliphatic hydroxyl groups excluding tert-OH is 2. The summed E-state index contributed by atoms with van der Waals surface area (Å²) in [5.74, 6) is 0. The van der Waals surface area contributed by atoms with E-state index in [0.717, 1.165) is 0 Å². The van der Waals surface area contributed by atoms with Crippen molar-refractivity contribution in [2.75, 3.05) is 6.61 Å². The van der Waals surface area contributed by atoms with Crippen LogP contribution in [0.4, 0.5) is 0 Å². The topological polar surface area (TPSA) is 49.7 Å². The molecule has 4 unspecified atom stereocenters. The Balaban J connectivity index is 2.52. The van der Waals surface area contributed by atoms with Gasteiger partial charge in [-0.05, 0) is 6.92 Å². The standard InChI is InChI=1S/C6H11IO3/c1-3-5(7)6(9)4(8)2-10-3/h3-6,8-9H,2H2,1H3. The first-order valence-corrected chi connectivity index (χ1v) is 4.49. The molecule has 0 saturated carbocycles. The molecule has 0 aliphatic carbocycles. The molecule has 1 saturated heterocycles. The molecular formula is C6H11IO3. The van der Waals surface area contributed by atoms with Crippen LogP contribution in [0.15, 0.2) is 0 Å². The summed E-state index contributed by atoms with van der Waals surface area (Å²) >= 11 is 2.09. The van der Waals surface area contributed by atoms with Crippen molar-refractivity contribution in [3.05, 3.63) is 0 Å². The number of alkyl halides is 1. The Morgan fingerprint density at radius 3 is 2.60 bits per heavy atom. The van der Waals surface area contributed by atoms with Crippen LogP contribution in [0.2, 0.25) is 0 Å². The van der Waals surface area contributed by atoms with E-state index in [0.29, 0.717) is 0 Å². The lowest BCUT2D eigenvalue weighted by molar-refractivity contribution is -0.106. The molecule has 0 amide bonds. The molecule has 4 heteroatoms. The molecule has 2 N–H and O–H groups in total. The SMILES string of the molecule is CC1OCC(O)C(O)C1I. The van der Waals surface area contributed by atoms with Crippen LogP contribution in [-0.2, 0) is 4.74 Å². The molecule has 1 fully saturated rings. The van der Waals surface area contributed by atoms with Gasteiger partial charge in [-0.1, -0.05) is 22.6 Å². The van der Waals surface area contributed by atoms with Gasteiger partial charge in [-0.15, -0.1) is 0 Å². The van der Waals surface area contributed by atoms with Gasteiger partial charge in [0.2, 0.25) is 0 Å². The van der Waals surface area contributed by atoms with Crippen molar-refractivity contribution in [3.8, 4) is 0 Å². The molecule has 1 aliphatic heterocycles. The Bertz CT molecular complexity index is 106. The molecule has 0 aromatic rings. The molecule has 3 nitrogen and oxygen atoms in total. The van der Waals surface area contributed by atoms with Crippen LogP contribution in [0.25, 0.3) is 0 Å². The van der Waals surface area contributed by atoms with Crippen molar-refractivity contribution < 1.29 is 14.9 Å². The first-order chi connectivity index (χ1) is 4.63. The van der Waals surface area contributed by atoms with Crippen LogP contribution < -0.4 is 0 Å². The van der Waals surface area contributed by atoms with Crippen molar-refractivity contribution in [1.29, 1.82) is 0 Å². The number of hydrogen-bond donors (Lipinski definition) is 2. The van der Waals surface area contributed by atoms with E-state index in [1.54, 1.807) is 0 Å². The molecule has 1 rings (SSSR count). The van der Waals surface area contributed by atoms with Crippen LogP contribution >= 0.6 is 22.6 Å². The quantitative estimate of drug-likeness (QED) is 0.472. The lowest BCUT2D eigenvalue weighted by Gasteiger charge is -2.33. The Labute approximate surface area is 73.5 Å². The van der Waals surface area contributed by atoms with E-state index in [9.17, 15) is 5.11 Å². The first kappa shape index (κ1) is 8.70. The summed E-state index contributed by atoms with van der Waals surface area (Å²) in [5.41, 5.74) is 0. The predicted molar refractivity (Wildman–Crippen MR) is 45.2 cm³/mol. The van der Waals surface area contributed by atoms with Crippen LogP contribution in [-0.4, -0.2) is 39.1 Å². The van der Waals surface area contributed by atoms with E-state index in [1.807, 2.05) is 6.92 Å². The van der Waals surface area contributed by atoms with E-state index >= 15 is 0 Å². The van der Waals surface area contributed by atoms with Gasteiger partial charge in [0.25, 0.3) is 0 Å². The second-order valence-corrected chi connectivity index (χ2v) is 3.98. The van der Waals surface area contributed by atoms with Crippen LogP contribution in [0.1, 0.15) is 6.92 Å². The van der Waals surface area contributed by atoms with Crippen molar-refractivity contribution in [2.24, 2.45) is 0 Å². The highest BCUT2D eigenvalue weighted by molar-refractivity contribution is 14.1. The summed E-state index contributed by atoms with van der Waals surface area (Å²) in [7, 11) is 0. The first-order valence-electron chi connectivity index (χ1n) is 3.24. The van der Waals surface area contributed by atoms with Crippen molar-refractivity contribution in [2.45, 2.75) is 29.2 Å². The van der Waals surface area contributed by atoms with Gasteiger partial charge in [0.15, 0.2) is 0 Å². The molecule has 60 valence electrons. The lowest BCUT2D eigenvalue weighted by atomic mass is 10.1. The minimum absolute atomic E-state index is 0.00125. The second-order valence-electron chi connectivity index (χ2n) is 2.54. The minimum Gasteiger partial charge on any atom is -0.389 e. The van der Waals surface area contributed by atoms with Gasteiger partial charge < -0.3 is 14.9 Å². The fraction of sp³-hybridized carbons (Fsp3) is 1.00. The highest BCUT2D eigenvalue weighted by atomic mass is 127. The number of hydrogen-bond acceptors (Lipinski definition) is 3. The molecule has 1 heterocycles. The molecule has 0 aromatic carbocycles.